The Balaban J connectivity index is 0. The average Bonchev–Trinajstić information content (AvgIpc) is 2.55. The van der Waals surface area contributed by atoms with E-state index in [1.807, 2.05) is 6.07 Å². The van der Waals surface area contributed by atoms with Gasteiger partial charge in [0.25, 0.3) is 0 Å². The molecule has 1 N–H and O–H groups in total. The van der Waals surface area contributed by atoms with Gasteiger partial charge in [0, 0.05) is 29.3 Å². The standard InChI is InChI=1S/C8H14N4O.C6H11N3O/c9-6-5-8(13)4-2-1-3-7-11-12-10;7-9-8-5-3-1-2-4-6-10/h8,13H,1-5,7H2;6H,1-5H2. The zero-order valence-corrected chi connectivity index (χ0v) is 13.4. The molecule has 1 atom stereocenters. The van der Waals surface area contributed by atoms with Gasteiger partial charge in [-0.1, -0.05) is 29.5 Å². The highest BCUT2D eigenvalue weighted by Gasteiger charge is 2.01. The van der Waals surface area contributed by atoms with E-state index in [2.05, 4.69) is 20.1 Å². The summed E-state index contributed by atoms with van der Waals surface area (Å²) < 4.78 is 0. The van der Waals surface area contributed by atoms with Crippen molar-refractivity contribution in [3.05, 3.63) is 20.9 Å². The van der Waals surface area contributed by atoms with Crippen molar-refractivity contribution >= 4 is 6.29 Å². The van der Waals surface area contributed by atoms with E-state index in [9.17, 15) is 4.79 Å². The number of carbonyl (C=O) groups excluding carboxylic acids is 1. The normalized spacial score (nSPS) is 10.1. The molecule has 0 aromatic rings. The van der Waals surface area contributed by atoms with E-state index in [1.54, 1.807) is 0 Å². The maximum absolute atomic E-state index is 9.81. The molecule has 0 aliphatic rings. The van der Waals surface area contributed by atoms with E-state index >= 15 is 0 Å². The van der Waals surface area contributed by atoms with Gasteiger partial charge < -0.3 is 9.90 Å². The Morgan fingerprint density at radius 1 is 1.04 bits per heavy atom. The molecule has 0 radical (unpaired) electrons. The maximum atomic E-state index is 9.81. The van der Waals surface area contributed by atoms with Crippen LogP contribution in [0.5, 0.6) is 0 Å². The zero-order chi connectivity index (χ0) is 17.6. The molecule has 9 heteroatoms. The van der Waals surface area contributed by atoms with E-state index in [0.717, 1.165) is 44.8 Å². The molecule has 23 heavy (non-hydrogen) atoms. The number of carbonyl (C=O) groups is 1. The molecular formula is C14H25N7O2. The summed E-state index contributed by atoms with van der Waals surface area (Å²) in [5.41, 5.74) is 15.8. The van der Waals surface area contributed by atoms with Crippen LogP contribution in [0.25, 0.3) is 20.9 Å². The molecule has 0 amide bonds. The van der Waals surface area contributed by atoms with E-state index in [4.69, 9.17) is 21.4 Å². The Bertz CT molecular complexity index is 410. The van der Waals surface area contributed by atoms with E-state index < -0.39 is 6.10 Å². The van der Waals surface area contributed by atoms with E-state index in [1.165, 1.54) is 0 Å². The van der Waals surface area contributed by atoms with Crippen molar-refractivity contribution in [2.75, 3.05) is 13.1 Å². The van der Waals surface area contributed by atoms with Crippen molar-refractivity contribution in [1.82, 2.24) is 0 Å². The van der Waals surface area contributed by atoms with Crippen LogP contribution in [-0.2, 0) is 4.79 Å². The topological polar surface area (TPSA) is 159 Å². The number of rotatable bonds is 13. The molecule has 0 fully saturated rings. The van der Waals surface area contributed by atoms with Gasteiger partial charge in [0.2, 0.25) is 0 Å². The number of unbranched alkanes of at least 4 members (excludes halogenated alkanes) is 5. The smallest absolute Gasteiger partial charge is 0.119 e. The molecule has 0 rings (SSSR count). The van der Waals surface area contributed by atoms with Crippen LogP contribution >= 0.6 is 0 Å². The summed E-state index contributed by atoms with van der Waals surface area (Å²) in [7, 11) is 0. The lowest BCUT2D eigenvalue weighted by Crippen LogP contribution is -2.04. The molecule has 1 unspecified atom stereocenters. The summed E-state index contributed by atoms with van der Waals surface area (Å²) in [6.45, 7) is 1.07. The first-order valence-corrected chi connectivity index (χ1v) is 7.73. The van der Waals surface area contributed by atoms with Gasteiger partial charge >= 0.3 is 0 Å². The fraction of sp³-hybridized carbons (Fsp3) is 0.857. The number of hydrogen-bond donors (Lipinski definition) is 1. The highest BCUT2D eigenvalue weighted by molar-refractivity contribution is 5.48. The number of aliphatic hydroxyl groups excluding tert-OH is 1. The van der Waals surface area contributed by atoms with Crippen molar-refractivity contribution in [3.8, 4) is 6.07 Å². The van der Waals surface area contributed by atoms with Gasteiger partial charge in [-0.15, -0.1) is 0 Å². The predicted molar refractivity (Wildman–Crippen MR) is 87.3 cm³/mol. The van der Waals surface area contributed by atoms with Crippen molar-refractivity contribution in [1.29, 1.82) is 5.26 Å². The van der Waals surface area contributed by atoms with Crippen molar-refractivity contribution in [3.63, 3.8) is 0 Å². The summed E-state index contributed by atoms with van der Waals surface area (Å²) in [6, 6.07) is 1.91. The zero-order valence-electron chi connectivity index (χ0n) is 13.4. The minimum absolute atomic E-state index is 0.205. The Morgan fingerprint density at radius 3 is 2.09 bits per heavy atom. The van der Waals surface area contributed by atoms with Crippen LogP contribution in [0.15, 0.2) is 10.2 Å². The summed E-state index contributed by atoms with van der Waals surface area (Å²) in [4.78, 5) is 15.1. The highest BCUT2D eigenvalue weighted by Crippen LogP contribution is 2.05. The first kappa shape index (κ1) is 23.0. The molecule has 0 aromatic carbocycles. The van der Waals surface area contributed by atoms with Crippen molar-refractivity contribution in [2.45, 2.75) is 63.9 Å². The van der Waals surface area contributed by atoms with Gasteiger partial charge in [0.1, 0.15) is 6.29 Å². The van der Waals surface area contributed by atoms with Crippen LogP contribution in [0, 0.1) is 11.3 Å². The molecule has 128 valence electrons. The molecule has 0 aliphatic carbocycles. The number of aliphatic hydroxyl groups is 1. The third-order valence-electron chi connectivity index (χ3n) is 2.83. The first-order chi connectivity index (χ1) is 11.2. The molecule has 0 heterocycles. The number of nitriles is 1. The van der Waals surface area contributed by atoms with Gasteiger partial charge in [0.15, 0.2) is 0 Å². The molecule has 0 saturated heterocycles. The van der Waals surface area contributed by atoms with E-state index in [0.29, 0.717) is 25.9 Å². The quantitative estimate of drug-likeness (QED) is 0.177. The second-order valence-electron chi connectivity index (χ2n) is 4.79. The second kappa shape index (κ2) is 22.0. The van der Waals surface area contributed by atoms with Crippen LogP contribution < -0.4 is 0 Å². The summed E-state index contributed by atoms with van der Waals surface area (Å²) in [5.74, 6) is 0. The summed E-state index contributed by atoms with van der Waals surface area (Å²) in [6.07, 6.45) is 7.32. The Morgan fingerprint density at radius 2 is 1.61 bits per heavy atom. The third kappa shape index (κ3) is 25.1. The molecule has 9 nitrogen and oxygen atoms in total. The van der Waals surface area contributed by atoms with Gasteiger partial charge in [-0.25, -0.2) is 0 Å². The first-order valence-electron chi connectivity index (χ1n) is 7.73. The number of hydrogen-bond acceptors (Lipinski definition) is 5. The van der Waals surface area contributed by atoms with Crippen LogP contribution in [-0.4, -0.2) is 30.6 Å². The van der Waals surface area contributed by atoms with Gasteiger partial charge in [0.05, 0.1) is 18.6 Å². The van der Waals surface area contributed by atoms with Crippen molar-refractivity contribution in [2.24, 2.45) is 10.2 Å². The van der Waals surface area contributed by atoms with Gasteiger partial charge in [-0.3, -0.25) is 0 Å². The number of aldehydes is 1. The predicted octanol–water partition coefficient (Wildman–Crippen LogP) is 4.19. The Hall–Kier alpha value is -2.26. The second-order valence-corrected chi connectivity index (χ2v) is 4.79. The lowest BCUT2D eigenvalue weighted by atomic mass is 10.1. The van der Waals surface area contributed by atoms with Crippen LogP contribution in [0.1, 0.15) is 57.8 Å². The lowest BCUT2D eigenvalue weighted by molar-refractivity contribution is -0.107. The highest BCUT2D eigenvalue weighted by atomic mass is 16.3. The van der Waals surface area contributed by atoms with Crippen LogP contribution in [0.2, 0.25) is 0 Å². The fourth-order valence-electron chi connectivity index (χ4n) is 1.62. The summed E-state index contributed by atoms with van der Waals surface area (Å²) >= 11 is 0. The van der Waals surface area contributed by atoms with Gasteiger partial charge in [-0.05, 0) is 36.7 Å². The minimum Gasteiger partial charge on any atom is -0.392 e. The maximum Gasteiger partial charge on any atom is 0.119 e. The lowest BCUT2D eigenvalue weighted by Gasteiger charge is -2.04. The minimum atomic E-state index is -0.496. The SMILES string of the molecule is N#CCC(O)CCCCCN=[N+]=[N-].[N-]=[N+]=NCCCCCC=O. The third-order valence-corrected chi connectivity index (χ3v) is 2.83. The summed E-state index contributed by atoms with van der Waals surface area (Å²) in [5, 5.41) is 24.1. The largest absolute Gasteiger partial charge is 0.392 e. The van der Waals surface area contributed by atoms with Crippen LogP contribution in [0.4, 0.5) is 0 Å². The Labute approximate surface area is 136 Å². The molecule has 0 bridgehead atoms. The molecular weight excluding hydrogens is 298 g/mol. The average molecular weight is 323 g/mol. The van der Waals surface area contributed by atoms with Crippen molar-refractivity contribution < 1.29 is 9.90 Å². The van der Waals surface area contributed by atoms with Crippen LogP contribution in [0.3, 0.4) is 0 Å². The molecule has 0 saturated carbocycles. The molecule has 0 spiro atoms. The van der Waals surface area contributed by atoms with Gasteiger partial charge in [-0.2, -0.15) is 5.26 Å². The molecule has 0 aromatic heterocycles. The number of azide groups is 2. The van der Waals surface area contributed by atoms with E-state index in [-0.39, 0.29) is 6.42 Å². The number of nitrogens with zero attached hydrogens (tertiary/aromatic N) is 7. The Kier molecular flexibility index (Phi) is 22.0. The molecule has 0 aliphatic heterocycles. The fourth-order valence-corrected chi connectivity index (χ4v) is 1.62. The monoisotopic (exact) mass is 323 g/mol.